The normalized spacial score (nSPS) is 16.2. The summed E-state index contributed by atoms with van der Waals surface area (Å²) in [7, 11) is 0. The Kier molecular flexibility index (Phi) is 10.0. The lowest BCUT2D eigenvalue weighted by atomic mass is 9.99. The smallest absolute Gasteiger partial charge is 0.325 e. The molecule has 0 saturated heterocycles. The van der Waals surface area contributed by atoms with Gasteiger partial charge in [0.05, 0.1) is 12.5 Å². The molecule has 0 aliphatic rings. The van der Waals surface area contributed by atoms with E-state index in [0.717, 1.165) is 0 Å². The molecule has 11 heteroatoms. The summed E-state index contributed by atoms with van der Waals surface area (Å²) < 4.78 is 0. The van der Waals surface area contributed by atoms with Gasteiger partial charge in [-0.15, -0.1) is 0 Å². The minimum atomic E-state index is -1.43. The predicted octanol–water partition coefficient (Wildman–Crippen LogP) is -1.59. The summed E-state index contributed by atoms with van der Waals surface area (Å²) in [6.45, 7) is 6.12. The Morgan fingerprint density at radius 2 is 1.37 bits per heavy atom. The highest BCUT2D eigenvalue weighted by Gasteiger charge is 2.30. The molecule has 0 saturated carbocycles. The van der Waals surface area contributed by atoms with Crippen LogP contribution in [0, 0.1) is 5.92 Å². The van der Waals surface area contributed by atoms with Gasteiger partial charge in [0.25, 0.3) is 0 Å². The highest BCUT2D eigenvalue weighted by atomic mass is 16.4. The fraction of sp³-hybridized carbons (Fsp3) is 0.688. The Labute approximate surface area is 157 Å². The zero-order valence-electron chi connectivity index (χ0n) is 15.8. The first-order chi connectivity index (χ1) is 12.4. The third kappa shape index (κ3) is 8.49. The number of aliphatic carboxylic acids is 2. The second-order valence-corrected chi connectivity index (χ2v) is 6.37. The minimum absolute atomic E-state index is 0.180. The van der Waals surface area contributed by atoms with Gasteiger partial charge in [-0.05, 0) is 19.8 Å². The van der Waals surface area contributed by atoms with E-state index in [9.17, 15) is 24.0 Å². The molecule has 0 aromatic carbocycles. The monoisotopic (exact) mass is 388 g/mol. The Morgan fingerprint density at radius 3 is 1.81 bits per heavy atom. The molecule has 5 unspecified atom stereocenters. The summed E-state index contributed by atoms with van der Waals surface area (Å²) in [5.74, 6) is -5.10. The molecule has 0 fully saturated rings. The molecule has 11 nitrogen and oxygen atoms in total. The summed E-state index contributed by atoms with van der Waals surface area (Å²) in [4.78, 5) is 58.0. The largest absolute Gasteiger partial charge is 0.481 e. The topological polar surface area (TPSA) is 188 Å². The highest BCUT2D eigenvalue weighted by molar-refractivity contribution is 5.95. The maximum atomic E-state index is 12.3. The molecule has 5 atom stereocenters. The zero-order chi connectivity index (χ0) is 21.3. The van der Waals surface area contributed by atoms with Gasteiger partial charge >= 0.3 is 11.9 Å². The number of hydrogen-bond acceptors (Lipinski definition) is 6. The van der Waals surface area contributed by atoms with Gasteiger partial charge in [-0.25, -0.2) is 0 Å². The number of amides is 3. The molecule has 7 N–H and O–H groups in total. The zero-order valence-corrected chi connectivity index (χ0v) is 15.8. The van der Waals surface area contributed by atoms with Gasteiger partial charge < -0.3 is 31.9 Å². The quantitative estimate of drug-likeness (QED) is 0.244. The average Bonchev–Trinajstić information content (AvgIpc) is 2.58. The van der Waals surface area contributed by atoms with E-state index >= 15 is 0 Å². The van der Waals surface area contributed by atoms with Crippen LogP contribution in [0.3, 0.4) is 0 Å². The lowest BCUT2D eigenvalue weighted by Gasteiger charge is -2.23. The van der Waals surface area contributed by atoms with Gasteiger partial charge in [0.15, 0.2) is 0 Å². The van der Waals surface area contributed by atoms with Crippen LogP contribution in [0.2, 0.25) is 0 Å². The minimum Gasteiger partial charge on any atom is -0.481 e. The van der Waals surface area contributed by atoms with E-state index in [1.807, 2.05) is 6.92 Å². The summed E-state index contributed by atoms with van der Waals surface area (Å²) >= 11 is 0. The van der Waals surface area contributed by atoms with E-state index < -0.39 is 60.2 Å². The summed E-state index contributed by atoms with van der Waals surface area (Å²) in [6, 6.07) is -4.66. The van der Waals surface area contributed by atoms with Gasteiger partial charge in [0, 0.05) is 0 Å². The van der Waals surface area contributed by atoms with Crippen LogP contribution in [0.25, 0.3) is 0 Å². The van der Waals surface area contributed by atoms with Crippen LogP contribution in [0.15, 0.2) is 0 Å². The van der Waals surface area contributed by atoms with Crippen molar-refractivity contribution in [2.45, 2.75) is 64.7 Å². The van der Waals surface area contributed by atoms with E-state index in [1.54, 1.807) is 6.92 Å². The first kappa shape index (κ1) is 24.3. The lowest BCUT2D eigenvalue weighted by molar-refractivity contribution is -0.142. The van der Waals surface area contributed by atoms with Crippen molar-refractivity contribution in [3.8, 4) is 0 Å². The Bertz CT molecular complexity index is 581. The molecule has 27 heavy (non-hydrogen) atoms. The third-order valence-electron chi connectivity index (χ3n) is 4.05. The second-order valence-electron chi connectivity index (χ2n) is 6.37. The van der Waals surface area contributed by atoms with Crippen LogP contribution >= 0.6 is 0 Å². The van der Waals surface area contributed by atoms with Crippen molar-refractivity contribution in [3.63, 3.8) is 0 Å². The van der Waals surface area contributed by atoms with E-state index in [1.165, 1.54) is 13.8 Å². The van der Waals surface area contributed by atoms with Crippen molar-refractivity contribution < 1.29 is 34.2 Å². The van der Waals surface area contributed by atoms with Gasteiger partial charge in [-0.2, -0.15) is 0 Å². The molecule has 0 aliphatic heterocycles. The van der Waals surface area contributed by atoms with Crippen molar-refractivity contribution in [3.05, 3.63) is 0 Å². The van der Waals surface area contributed by atoms with E-state index in [0.29, 0.717) is 6.42 Å². The number of carbonyl (C=O) groups is 5. The molecule has 0 radical (unpaired) electrons. The van der Waals surface area contributed by atoms with Gasteiger partial charge in [-0.1, -0.05) is 20.3 Å². The standard InChI is InChI=1S/C16H28N4O7/c1-5-7(2)12(17)15(25)20-10(6-11(21)22)14(24)18-8(3)13(23)19-9(4)16(26)27/h7-10,12H,5-6,17H2,1-4H3,(H,18,24)(H,19,23)(H,20,25)(H,21,22)(H,26,27). The summed E-state index contributed by atoms with van der Waals surface area (Å²) in [6.07, 6.45) is -0.0893. The number of rotatable bonds is 11. The highest BCUT2D eigenvalue weighted by Crippen LogP contribution is 2.06. The Hall–Kier alpha value is -2.69. The number of nitrogens with one attached hydrogen (secondary N) is 3. The molecule has 0 bridgehead atoms. The lowest BCUT2D eigenvalue weighted by Crippen LogP contribution is -2.57. The molecule has 3 amide bonds. The van der Waals surface area contributed by atoms with E-state index in [2.05, 4.69) is 16.0 Å². The molecular formula is C16H28N4O7. The average molecular weight is 388 g/mol. The fourth-order valence-electron chi connectivity index (χ4n) is 1.94. The van der Waals surface area contributed by atoms with Crippen molar-refractivity contribution in [2.75, 3.05) is 0 Å². The van der Waals surface area contributed by atoms with Gasteiger partial charge in [-0.3, -0.25) is 24.0 Å². The maximum absolute atomic E-state index is 12.3. The molecule has 0 aliphatic carbocycles. The van der Waals surface area contributed by atoms with Crippen LogP contribution in [0.5, 0.6) is 0 Å². The molecule has 0 rings (SSSR count). The molecule has 0 aromatic heterocycles. The SMILES string of the molecule is CCC(C)C(N)C(=O)NC(CC(=O)O)C(=O)NC(C)C(=O)NC(C)C(=O)O. The van der Waals surface area contributed by atoms with Crippen molar-refractivity contribution in [2.24, 2.45) is 11.7 Å². The number of hydrogen-bond donors (Lipinski definition) is 6. The molecule has 0 aromatic rings. The molecule has 0 spiro atoms. The summed E-state index contributed by atoms with van der Waals surface area (Å²) in [5.41, 5.74) is 5.77. The number of nitrogens with two attached hydrogens (primary N) is 1. The number of carboxylic acids is 2. The predicted molar refractivity (Wildman–Crippen MR) is 94.5 cm³/mol. The van der Waals surface area contributed by atoms with Crippen molar-refractivity contribution in [1.29, 1.82) is 0 Å². The Morgan fingerprint density at radius 1 is 0.852 bits per heavy atom. The third-order valence-corrected chi connectivity index (χ3v) is 4.05. The van der Waals surface area contributed by atoms with Crippen LogP contribution in [-0.4, -0.2) is 64.0 Å². The Balaban J connectivity index is 5.01. The first-order valence-corrected chi connectivity index (χ1v) is 8.51. The number of carbonyl (C=O) groups excluding carboxylic acids is 3. The van der Waals surface area contributed by atoms with Crippen LogP contribution in [0.1, 0.15) is 40.5 Å². The van der Waals surface area contributed by atoms with Crippen LogP contribution < -0.4 is 21.7 Å². The van der Waals surface area contributed by atoms with Crippen LogP contribution in [0.4, 0.5) is 0 Å². The van der Waals surface area contributed by atoms with E-state index in [-0.39, 0.29) is 5.92 Å². The van der Waals surface area contributed by atoms with Gasteiger partial charge in [0.2, 0.25) is 17.7 Å². The molecule has 154 valence electrons. The number of carboxylic acid groups (broad SMARTS) is 2. The fourth-order valence-corrected chi connectivity index (χ4v) is 1.94. The van der Waals surface area contributed by atoms with Crippen molar-refractivity contribution in [1.82, 2.24) is 16.0 Å². The molecular weight excluding hydrogens is 360 g/mol. The molecule has 0 heterocycles. The van der Waals surface area contributed by atoms with Crippen molar-refractivity contribution >= 4 is 29.7 Å². The van der Waals surface area contributed by atoms with Gasteiger partial charge in [0.1, 0.15) is 18.1 Å². The van der Waals surface area contributed by atoms with Crippen LogP contribution in [-0.2, 0) is 24.0 Å². The first-order valence-electron chi connectivity index (χ1n) is 8.51. The summed E-state index contributed by atoms with van der Waals surface area (Å²) in [5, 5.41) is 24.4. The van der Waals surface area contributed by atoms with E-state index in [4.69, 9.17) is 15.9 Å². The maximum Gasteiger partial charge on any atom is 0.325 e. The second kappa shape index (κ2) is 11.1.